The summed E-state index contributed by atoms with van der Waals surface area (Å²) in [6, 6.07) is 5.57. The molecule has 7 heteroatoms. The van der Waals surface area contributed by atoms with Crippen LogP contribution in [0.1, 0.15) is 0 Å². The molecule has 1 aromatic heterocycles. The van der Waals surface area contributed by atoms with Gasteiger partial charge in [-0.1, -0.05) is 17.7 Å². The fourth-order valence-electron chi connectivity index (χ4n) is 1.70. The summed E-state index contributed by atoms with van der Waals surface area (Å²) in [5.41, 5.74) is 6.69. The van der Waals surface area contributed by atoms with Crippen LogP contribution < -0.4 is 5.73 Å². The van der Waals surface area contributed by atoms with Crippen LogP contribution in [0.3, 0.4) is 0 Å². The first-order valence-electron chi connectivity index (χ1n) is 5.32. The number of aromatic amines is 1. The molecule has 96 valence electrons. The number of hydrogen-bond donors (Lipinski definition) is 2. The lowest BCUT2D eigenvalue weighted by molar-refractivity contribution is -0.122. The van der Waals surface area contributed by atoms with Gasteiger partial charge >= 0.3 is 0 Å². The largest absolute Gasteiger partial charge is 0.370 e. The normalized spacial score (nSPS) is 10.9. The Bertz CT molecular complexity index is 635. The lowest BCUT2D eigenvalue weighted by Crippen LogP contribution is -2.19. The highest BCUT2D eigenvalue weighted by molar-refractivity contribution is 7.71. The van der Waals surface area contributed by atoms with Crippen LogP contribution >= 0.6 is 23.8 Å². The molecule has 5 nitrogen and oxygen atoms in total. The average Bonchev–Trinajstić information content (AvgIpc) is 2.63. The number of fused-ring (bicyclic) bond motifs is 1. The van der Waals surface area contributed by atoms with Crippen molar-refractivity contribution in [3.8, 4) is 0 Å². The van der Waals surface area contributed by atoms with Crippen molar-refractivity contribution in [1.29, 1.82) is 0 Å². The third-order valence-corrected chi connectivity index (χ3v) is 3.10. The van der Waals surface area contributed by atoms with E-state index in [0.29, 0.717) is 22.9 Å². The molecule has 0 aliphatic carbocycles. The van der Waals surface area contributed by atoms with Crippen LogP contribution in [0.15, 0.2) is 18.2 Å². The van der Waals surface area contributed by atoms with E-state index in [9.17, 15) is 4.79 Å². The van der Waals surface area contributed by atoms with E-state index in [-0.39, 0.29) is 6.61 Å². The van der Waals surface area contributed by atoms with Crippen molar-refractivity contribution in [2.24, 2.45) is 5.73 Å². The lowest BCUT2D eigenvalue weighted by atomic mass is 10.3. The maximum atomic E-state index is 10.5. The molecule has 1 aromatic carbocycles. The van der Waals surface area contributed by atoms with E-state index in [2.05, 4.69) is 4.98 Å². The van der Waals surface area contributed by atoms with Gasteiger partial charge < -0.3 is 20.0 Å². The van der Waals surface area contributed by atoms with Crippen LogP contribution in [0, 0.1) is 4.77 Å². The second-order valence-corrected chi connectivity index (χ2v) is 4.53. The second-order valence-electron chi connectivity index (χ2n) is 3.73. The average molecular weight is 286 g/mol. The van der Waals surface area contributed by atoms with E-state index < -0.39 is 5.91 Å². The first kappa shape index (κ1) is 13.1. The zero-order valence-electron chi connectivity index (χ0n) is 9.48. The van der Waals surface area contributed by atoms with E-state index in [0.717, 1.165) is 11.0 Å². The predicted molar refractivity (Wildman–Crippen MR) is 72.1 cm³/mol. The molecule has 1 amide bonds. The van der Waals surface area contributed by atoms with Crippen molar-refractivity contribution in [3.05, 3.63) is 28.0 Å². The van der Waals surface area contributed by atoms with E-state index in [1.165, 1.54) is 0 Å². The van der Waals surface area contributed by atoms with Gasteiger partial charge in [-0.15, -0.1) is 0 Å². The van der Waals surface area contributed by atoms with Crippen LogP contribution in [0.25, 0.3) is 11.0 Å². The Morgan fingerprint density at radius 2 is 2.33 bits per heavy atom. The fraction of sp³-hybridized carbons (Fsp3) is 0.273. The molecule has 2 aromatic rings. The first-order chi connectivity index (χ1) is 8.59. The first-order valence-corrected chi connectivity index (χ1v) is 6.11. The van der Waals surface area contributed by atoms with Crippen molar-refractivity contribution in [1.82, 2.24) is 9.55 Å². The summed E-state index contributed by atoms with van der Waals surface area (Å²) in [5, 5.41) is 0.621. The Hall–Kier alpha value is -1.37. The number of benzene rings is 1. The van der Waals surface area contributed by atoms with Crippen LogP contribution in [0.4, 0.5) is 0 Å². The van der Waals surface area contributed by atoms with Crippen molar-refractivity contribution in [2.75, 3.05) is 13.2 Å². The number of carbonyl (C=O) groups excluding carboxylic acids is 1. The molecule has 0 fully saturated rings. The summed E-state index contributed by atoms with van der Waals surface area (Å²) in [7, 11) is 0. The van der Waals surface area contributed by atoms with Gasteiger partial charge in [0.05, 0.1) is 22.7 Å². The summed E-state index contributed by atoms with van der Waals surface area (Å²) in [6.45, 7) is 0.805. The van der Waals surface area contributed by atoms with Gasteiger partial charge in [0, 0.05) is 6.54 Å². The number of H-pyrrole nitrogens is 1. The third kappa shape index (κ3) is 2.72. The third-order valence-electron chi connectivity index (χ3n) is 2.46. The van der Waals surface area contributed by atoms with Crippen LogP contribution in [0.5, 0.6) is 0 Å². The number of amides is 1. The summed E-state index contributed by atoms with van der Waals surface area (Å²) in [6.07, 6.45) is 0. The van der Waals surface area contributed by atoms with E-state index in [1.54, 1.807) is 6.07 Å². The van der Waals surface area contributed by atoms with Gasteiger partial charge in [-0.05, 0) is 24.4 Å². The Labute approximate surface area is 113 Å². The Balaban J connectivity index is 2.18. The Kier molecular flexibility index (Phi) is 4.00. The lowest BCUT2D eigenvalue weighted by Gasteiger charge is -2.05. The summed E-state index contributed by atoms with van der Waals surface area (Å²) in [5.74, 6) is -0.486. The maximum Gasteiger partial charge on any atom is 0.243 e. The minimum absolute atomic E-state index is 0.0869. The van der Waals surface area contributed by atoms with Crippen LogP contribution in [-0.2, 0) is 16.1 Å². The number of nitrogens with zero attached hydrogens (tertiary/aromatic N) is 1. The smallest absolute Gasteiger partial charge is 0.243 e. The van der Waals surface area contributed by atoms with Crippen LogP contribution in [-0.4, -0.2) is 28.7 Å². The van der Waals surface area contributed by atoms with Gasteiger partial charge in [0.1, 0.15) is 6.61 Å². The molecule has 1 heterocycles. The molecular formula is C11H12ClN3O2S. The summed E-state index contributed by atoms with van der Waals surface area (Å²) in [4.78, 5) is 13.6. The maximum absolute atomic E-state index is 10.5. The number of nitrogens with two attached hydrogens (primary N) is 1. The zero-order chi connectivity index (χ0) is 13.1. The number of hydrogen-bond acceptors (Lipinski definition) is 3. The highest BCUT2D eigenvalue weighted by Crippen LogP contribution is 2.22. The Morgan fingerprint density at radius 3 is 3.06 bits per heavy atom. The highest BCUT2D eigenvalue weighted by atomic mass is 35.5. The van der Waals surface area contributed by atoms with Gasteiger partial charge in [0.15, 0.2) is 4.77 Å². The molecular weight excluding hydrogens is 274 g/mol. The number of para-hydroxylation sites is 1. The molecule has 0 bridgehead atoms. The summed E-state index contributed by atoms with van der Waals surface area (Å²) < 4.78 is 7.56. The quantitative estimate of drug-likeness (QED) is 0.650. The van der Waals surface area contributed by atoms with E-state index in [4.69, 9.17) is 34.3 Å². The van der Waals surface area contributed by atoms with E-state index >= 15 is 0 Å². The predicted octanol–water partition coefficient (Wildman–Crippen LogP) is 1.85. The second kappa shape index (κ2) is 5.51. The molecule has 0 unspecified atom stereocenters. The zero-order valence-corrected chi connectivity index (χ0v) is 11.1. The van der Waals surface area contributed by atoms with Gasteiger partial charge in [0.2, 0.25) is 5.91 Å². The van der Waals surface area contributed by atoms with Gasteiger partial charge in [-0.3, -0.25) is 4.79 Å². The SMILES string of the molecule is NC(=O)COCCn1c(=S)[nH]c2c(Cl)cccc21. The van der Waals surface area contributed by atoms with Gasteiger partial charge in [0.25, 0.3) is 0 Å². The number of rotatable bonds is 5. The molecule has 0 aliphatic rings. The minimum Gasteiger partial charge on any atom is -0.370 e. The molecule has 3 N–H and O–H groups in total. The van der Waals surface area contributed by atoms with Gasteiger partial charge in [-0.2, -0.15) is 0 Å². The van der Waals surface area contributed by atoms with Crippen molar-refractivity contribution < 1.29 is 9.53 Å². The molecule has 0 saturated carbocycles. The minimum atomic E-state index is -0.486. The number of carbonyl (C=O) groups is 1. The molecule has 0 aliphatic heterocycles. The van der Waals surface area contributed by atoms with Crippen LogP contribution in [0.2, 0.25) is 5.02 Å². The Morgan fingerprint density at radius 1 is 1.56 bits per heavy atom. The highest BCUT2D eigenvalue weighted by Gasteiger charge is 2.06. The monoisotopic (exact) mass is 285 g/mol. The number of imidazole rings is 1. The van der Waals surface area contributed by atoms with Crippen molar-refractivity contribution in [2.45, 2.75) is 6.54 Å². The molecule has 0 atom stereocenters. The van der Waals surface area contributed by atoms with Gasteiger partial charge in [-0.25, -0.2) is 0 Å². The molecule has 18 heavy (non-hydrogen) atoms. The number of halogens is 1. The number of ether oxygens (including phenoxy) is 1. The van der Waals surface area contributed by atoms with Crippen molar-refractivity contribution in [3.63, 3.8) is 0 Å². The topological polar surface area (TPSA) is 73.0 Å². The number of primary amides is 1. The summed E-state index contributed by atoms with van der Waals surface area (Å²) >= 11 is 11.3. The molecule has 0 radical (unpaired) electrons. The molecule has 0 saturated heterocycles. The van der Waals surface area contributed by atoms with E-state index in [1.807, 2.05) is 16.7 Å². The molecule has 0 spiro atoms. The standard InChI is InChI=1S/C11H12ClN3O2S/c12-7-2-1-3-8-10(7)14-11(18)15(8)4-5-17-6-9(13)16/h1-3H,4-6H2,(H2,13,16)(H,14,18). The molecule has 2 rings (SSSR count). The number of aromatic nitrogens is 2. The van der Waals surface area contributed by atoms with Crippen molar-refractivity contribution >= 4 is 40.8 Å². The number of nitrogens with one attached hydrogen (secondary N) is 1. The fourth-order valence-corrected chi connectivity index (χ4v) is 2.20.